The van der Waals surface area contributed by atoms with Crippen LogP contribution in [0.1, 0.15) is 94.5 Å². The Hall–Kier alpha value is -6.90. The van der Waals surface area contributed by atoms with Crippen molar-refractivity contribution in [2.24, 2.45) is 0 Å². The molecule has 10 rings (SSSR count). The molecule has 8 heterocycles. The Labute approximate surface area is 380 Å². The Balaban J connectivity index is 0.000000162. The highest BCUT2D eigenvalue weighted by Crippen LogP contribution is 2.34. The van der Waals surface area contributed by atoms with Crippen molar-refractivity contribution in [3.63, 3.8) is 0 Å². The maximum absolute atomic E-state index is 5.95. The third kappa shape index (κ3) is 9.38. The third-order valence-electron chi connectivity index (χ3n) is 11.3. The minimum Gasteiger partial charge on any atom is -0.495 e. The van der Waals surface area contributed by atoms with E-state index >= 15 is 0 Å². The van der Waals surface area contributed by atoms with Crippen molar-refractivity contribution in [1.82, 2.24) is 58.6 Å². The maximum atomic E-state index is 5.95. The molecule has 2 aliphatic rings. The monoisotopic (exact) mass is 892 g/mol. The first-order chi connectivity index (χ1) is 31.2. The molecule has 64 heavy (non-hydrogen) atoms. The summed E-state index contributed by atoms with van der Waals surface area (Å²) in [6, 6.07) is 19.8. The minimum absolute atomic E-state index is 0.182. The zero-order chi connectivity index (χ0) is 44.2. The van der Waals surface area contributed by atoms with Gasteiger partial charge in [-0.2, -0.15) is 10.2 Å². The largest absolute Gasteiger partial charge is 0.495 e. The van der Waals surface area contributed by atoms with Gasteiger partial charge in [0.25, 0.3) is 0 Å². The van der Waals surface area contributed by atoms with Crippen LogP contribution < -0.4 is 9.47 Å². The predicted molar refractivity (Wildman–Crippen MR) is 248 cm³/mol. The van der Waals surface area contributed by atoms with Crippen molar-refractivity contribution in [2.45, 2.75) is 64.5 Å². The van der Waals surface area contributed by atoms with Gasteiger partial charge in [0.05, 0.1) is 49.6 Å². The lowest BCUT2D eigenvalue weighted by Gasteiger charge is -2.22. The van der Waals surface area contributed by atoms with Crippen LogP contribution in [0.3, 0.4) is 0 Å². The summed E-state index contributed by atoms with van der Waals surface area (Å²) in [4.78, 5) is 26.7. The number of imidazole rings is 2. The molecule has 8 aromatic rings. The van der Waals surface area contributed by atoms with E-state index in [1.807, 2.05) is 142 Å². The average Bonchev–Trinajstić information content (AvgIpc) is 4.15. The highest BCUT2D eigenvalue weighted by atomic mass is 35.5. The first kappa shape index (κ1) is 42.4. The summed E-state index contributed by atoms with van der Waals surface area (Å²) < 4.78 is 19.1. The van der Waals surface area contributed by atoms with Crippen LogP contribution in [0.5, 0.6) is 11.5 Å². The second-order valence-electron chi connectivity index (χ2n) is 15.7. The summed E-state index contributed by atoms with van der Waals surface area (Å²) in [5.74, 6) is 5.26. The maximum Gasteiger partial charge on any atom is 0.174 e. The van der Waals surface area contributed by atoms with Gasteiger partial charge in [0, 0.05) is 49.7 Å². The van der Waals surface area contributed by atoms with Gasteiger partial charge in [-0.3, -0.25) is 0 Å². The molecule has 0 unspecified atom stereocenters. The van der Waals surface area contributed by atoms with E-state index in [-0.39, 0.29) is 11.8 Å². The van der Waals surface area contributed by atoms with Crippen molar-refractivity contribution in [3.05, 3.63) is 165 Å². The number of hydrogen-bond acceptors (Lipinski definition) is 10. The van der Waals surface area contributed by atoms with Crippen LogP contribution in [0.25, 0.3) is 35.7 Å². The standard InChI is InChI=1S/2C24H23ClN6O/c2*1-16-14-30(15-27-16)20-8-5-17(12-21(20)32-2)6-10-23-28-24-19(4-3-11-31(24)29-23)18-7-9-22(25)26-13-18/h2*5-10,12-15,19H,3-4,11H2,1-2H3/b2*10-6+/t2*19-/m10/s1. The number of benzene rings is 2. The number of halogens is 2. The lowest BCUT2D eigenvalue weighted by atomic mass is 9.92. The topological polar surface area (TPSA) is 141 Å². The lowest BCUT2D eigenvalue weighted by Crippen LogP contribution is -2.18. The zero-order valence-electron chi connectivity index (χ0n) is 35.9. The number of rotatable bonds is 10. The van der Waals surface area contributed by atoms with Gasteiger partial charge in [0.15, 0.2) is 11.6 Å². The van der Waals surface area contributed by atoms with Gasteiger partial charge in [-0.05, 0) is 110 Å². The number of ether oxygens (including phenoxy) is 2. The Morgan fingerprint density at radius 1 is 0.578 bits per heavy atom. The Morgan fingerprint density at radius 3 is 1.41 bits per heavy atom. The van der Waals surface area contributed by atoms with Gasteiger partial charge in [-0.1, -0.05) is 59.6 Å². The minimum atomic E-state index is 0.182. The summed E-state index contributed by atoms with van der Waals surface area (Å²) in [7, 11) is 3.35. The predicted octanol–water partition coefficient (Wildman–Crippen LogP) is 9.85. The van der Waals surface area contributed by atoms with Crippen molar-refractivity contribution in [3.8, 4) is 22.9 Å². The fourth-order valence-electron chi connectivity index (χ4n) is 8.17. The van der Waals surface area contributed by atoms with Crippen LogP contribution in [0, 0.1) is 13.8 Å². The number of fused-ring (bicyclic) bond motifs is 2. The molecule has 2 aliphatic heterocycles. The van der Waals surface area contributed by atoms with Gasteiger partial charge in [-0.25, -0.2) is 39.3 Å². The van der Waals surface area contributed by atoms with E-state index in [0.29, 0.717) is 22.0 Å². The molecule has 324 valence electrons. The quantitative estimate of drug-likeness (QED) is 0.122. The molecule has 0 N–H and O–H groups in total. The summed E-state index contributed by atoms with van der Waals surface area (Å²) in [5.41, 5.74) is 8.06. The average molecular weight is 894 g/mol. The fourth-order valence-corrected chi connectivity index (χ4v) is 8.39. The Morgan fingerprint density at radius 2 is 1.03 bits per heavy atom. The van der Waals surface area contributed by atoms with Gasteiger partial charge in [-0.15, -0.1) is 0 Å². The van der Waals surface area contributed by atoms with E-state index in [4.69, 9.17) is 52.8 Å². The summed E-state index contributed by atoms with van der Waals surface area (Å²) >= 11 is 11.9. The smallest absolute Gasteiger partial charge is 0.174 e. The number of pyridine rings is 2. The van der Waals surface area contributed by atoms with Gasteiger partial charge >= 0.3 is 0 Å². The molecule has 16 heteroatoms. The summed E-state index contributed by atoms with van der Waals surface area (Å²) in [5, 5.41) is 10.4. The number of aryl methyl sites for hydroxylation is 4. The second kappa shape index (κ2) is 18.8. The van der Waals surface area contributed by atoms with Crippen molar-refractivity contribution < 1.29 is 9.47 Å². The van der Waals surface area contributed by atoms with Gasteiger partial charge in [0.1, 0.15) is 33.5 Å². The molecule has 0 bridgehead atoms. The number of methoxy groups -OCH3 is 2. The third-order valence-corrected chi connectivity index (χ3v) is 11.8. The highest BCUT2D eigenvalue weighted by Gasteiger charge is 2.27. The lowest BCUT2D eigenvalue weighted by molar-refractivity contribution is 0.412. The first-order valence-corrected chi connectivity index (χ1v) is 21.8. The normalized spacial score (nSPS) is 15.8. The Kier molecular flexibility index (Phi) is 12.5. The Bertz CT molecular complexity index is 2750. The number of aromatic nitrogens is 12. The van der Waals surface area contributed by atoms with Crippen LogP contribution in [-0.2, 0) is 13.1 Å². The number of hydrogen-bond donors (Lipinski definition) is 0. The molecule has 14 nitrogen and oxygen atoms in total. The van der Waals surface area contributed by atoms with Crippen LogP contribution in [0.2, 0.25) is 10.3 Å². The van der Waals surface area contributed by atoms with Crippen molar-refractivity contribution in [2.75, 3.05) is 14.2 Å². The van der Waals surface area contributed by atoms with E-state index in [1.165, 1.54) is 0 Å². The van der Waals surface area contributed by atoms with Crippen LogP contribution >= 0.6 is 23.2 Å². The fraction of sp³-hybridized carbons (Fsp3) is 0.250. The van der Waals surface area contributed by atoms with Gasteiger partial charge < -0.3 is 18.6 Å². The molecule has 2 atom stereocenters. The van der Waals surface area contributed by atoms with Gasteiger partial charge in [0.2, 0.25) is 0 Å². The van der Waals surface area contributed by atoms with E-state index in [0.717, 1.165) is 107 Å². The molecule has 0 amide bonds. The van der Waals surface area contributed by atoms with E-state index in [2.05, 4.69) is 19.9 Å². The first-order valence-electron chi connectivity index (χ1n) is 21.1. The second-order valence-corrected chi connectivity index (χ2v) is 16.5. The van der Waals surface area contributed by atoms with Crippen molar-refractivity contribution >= 4 is 47.5 Å². The van der Waals surface area contributed by atoms with Crippen LogP contribution in [-0.4, -0.2) is 72.8 Å². The molecular formula is C48H46Cl2N12O2. The molecular weight excluding hydrogens is 848 g/mol. The van der Waals surface area contributed by atoms with E-state index in [1.54, 1.807) is 26.9 Å². The molecule has 0 saturated carbocycles. The highest BCUT2D eigenvalue weighted by molar-refractivity contribution is 6.29. The van der Waals surface area contributed by atoms with E-state index in [9.17, 15) is 0 Å². The van der Waals surface area contributed by atoms with Crippen LogP contribution in [0.4, 0.5) is 0 Å². The SMILES string of the molecule is COc1cc(/C=C/c2nc3n(n2)CCC[C@@H]3c2ccc(Cl)nc2)ccc1-n1cnc(C)c1.COc1cc(/C=C/c2nc3n(n2)CCC[C@H]3c2ccc(Cl)nc2)ccc1-n1cnc(C)c1. The molecule has 0 fully saturated rings. The molecule has 0 spiro atoms. The van der Waals surface area contributed by atoms with E-state index < -0.39 is 0 Å². The summed E-state index contributed by atoms with van der Waals surface area (Å²) in [6.45, 7) is 5.68. The molecule has 0 aliphatic carbocycles. The molecule has 0 radical (unpaired) electrons. The molecule has 2 aromatic carbocycles. The van der Waals surface area contributed by atoms with Crippen molar-refractivity contribution in [1.29, 1.82) is 0 Å². The zero-order valence-corrected chi connectivity index (χ0v) is 37.4. The number of nitrogens with zero attached hydrogens (tertiary/aromatic N) is 12. The van der Waals surface area contributed by atoms with Crippen LogP contribution in [0.15, 0.2) is 98.1 Å². The summed E-state index contributed by atoms with van der Waals surface area (Å²) in [6.07, 6.45) is 23.2. The molecule has 6 aromatic heterocycles. The molecule has 0 saturated heterocycles.